The van der Waals surface area contributed by atoms with Crippen molar-refractivity contribution in [3.05, 3.63) is 58.3 Å². The molecule has 0 aliphatic heterocycles. The minimum absolute atomic E-state index is 0.00250. The van der Waals surface area contributed by atoms with Crippen molar-refractivity contribution in [2.45, 2.75) is 11.1 Å². The molecule has 3 aromatic rings. The van der Waals surface area contributed by atoms with Gasteiger partial charge in [0.15, 0.2) is 5.82 Å². The highest BCUT2D eigenvalue weighted by atomic mass is 35.5. The van der Waals surface area contributed by atoms with Gasteiger partial charge < -0.3 is 0 Å². The van der Waals surface area contributed by atoms with Gasteiger partial charge in [0.1, 0.15) is 0 Å². The summed E-state index contributed by atoms with van der Waals surface area (Å²) in [6.45, 7) is 0. The van der Waals surface area contributed by atoms with E-state index in [1.165, 1.54) is 30.3 Å². The first-order valence-corrected chi connectivity index (χ1v) is 9.40. The number of hydrogen-bond acceptors (Lipinski definition) is 4. The molecule has 0 amide bonds. The quantitative estimate of drug-likeness (QED) is 0.673. The Morgan fingerprint density at radius 1 is 1.04 bits per heavy atom. The van der Waals surface area contributed by atoms with Crippen LogP contribution in [0.3, 0.4) is 0 Å². The van der Waals surface area contributed by atoms with Crippen LogP contribution < -0.4 is 5.14 Å². The molecule has 3 rings (SSSR count). The van der Waals surface area contributed by atoms with Gasteiger partial charge in [0.2, 0.25) is 10.0 Å². The lowest BCUT2D eigenvalue weighted by atomic mass is 10.2. The molecule has 2 aromatic carbocycles. The minimum atomic E-state index is -4.80. The van der Waals surface area contributed by atoms with E-state index in [0.29, 0.717) is 0 Å². The molecule has 0 radical (unpaired) electrons. The summed E-state index contributed by atoms with van der Waals surface area (Å²) in [5.74, 6) is -1.60. The van der Waals surface area contributed by atoms with E-state index in [1.807, 2.05) is 0 Å². The van der Waals surface area contributed by atoms with Crippen molar-refractivity contribution >= 4 is 33.2 Å². The van der Waals surface area contributed by atoms with E-state index in [9.17, 15) is 21.6 Å². The summed E-state index contributed by atoms with van der Waals surface area (Å²) in [5.41, 5.74) is 0.249. The summed E-state index contributed by atoms with van der Waals surface area (Å²) in [6.07, 6.45) is -4.80. The van der Waals surface area contributed by atoms with Crippen LogP contribution in [0.5, 0.6) is 0 Å². The number of benzene rings is 2. The zero-order valence-corrected chi connectivity index (χ0v) is 15.4. The monoisotopic (exact) mass is 436 g/mol. The number of alkyl halides is 3. The Bertz CT molecular complexity index is 1110. The average Bonchev–Trinajstić information content (AvgIpc) is 3.02. The van der Waals surface area contributed by atoms with Gasteiger partial charge in [-0.15, -0.1) is 5.10 Å². The number of hydrogen-bond donors (Lipinski definition) is 1. The maximum Gasteiger partial charge on any atom is 0.453 e. The number of sulfonamides is 1. The first-order chi connectivity index (χ1) is 12.5. The maximum atomic E-state index is 13.1. The Morgan fingerprint density at radius 3 is 2.22 bits per heavy atom. The number of aromatic nitrogens is 3. The van der Waals surface area contributed by atoms with E-state index < -0.39 is 22.0 Å². The third-order valence-corrected chi connectivity index (χ3v) is 5.21. The van der Waals surface area contributed by atoms with Crippen molar-refractivity contribution in [2.75, 3.05) is 0 Å². The predicted octanol–water partition coefficient (Wildman–Crippen LogP) is 3.91. The lowest BCUT2D eigenvalue weighted by Crippen LogP contribution is -2.12. The molecule has 27 heavy (non-hydrogen) atoms. The number of nitrogens with two attached hydrogens (primary N) is 1. The molecule has 0 aliphatic carbocycles. The SMILES string of the molecule is NS(=O)(=O)c1ccc(-n2nc(C(F)(F)F)nc2-c2cccc(Cl)c2Cl)cc1. The van der Waals surface area contributed by atoms with Crippen LogP contribution in [0.4, 0.5) is 13.2 Å². The van der Waals surface area contributed by atoms with Crippen molar-refractivity contribution in [3.8, 4) is 17.1 Å². The molecule has 1 heterocycles. The number of halogens is 5. The fourth-order valence-corrected chi connectivity index (χ4v) is 3.14. The number of nitrogens with zero attached hydrogens (tertiary/aromatic N) is 3. The Labute approximate surface area is 161 Å². The molecule has 0 atom stereocenters. The topological polar surface area (TPSA) is 90.9 Å². The van der Waals surface area contributed by atoms with Gasteiger partial charge in [0, 0.05) is 5.56 Å². The average molecular weight is 437 g/mol. The zero-order chi connectivity index (χ0) is 20.0. The second kappa shape index (κ2) is 6.79. The van der Waals surface area contributed by atoms with Gasteiger partial charge in [0.25, 0.3) is 5.82 Å². The first-order valence-electron chi connectivity index (χ1n) is 7.10. The highest BCUT2D eigenvalue weighted by molar-refractivity contribution is 7.89. The summed E-state index contributed by atoms with van der Waals surface area (Å²) >= 11 is 12.0. The third kappa shape index (κ3) is 3.93. The van der Waals surface area contributed by atoms with Crippen LogP contribution in [0, 0.1) is 0 Å². The Hall–Kier alpha value is -2.14. The van der Waals surface area contributed by atoms with Gasteiger partial charge >= 0.3 is 6.18 Å². The van der Waals surface area contributed by atoms with Gasteiger partial charge in [-0.05, 0) is 36.4 Å². The minimum Gasteiger partial charge on any atom is -0.225 e. The van der Waals surface area contributed by atoms with Crippen LogP contribution >= 0.6 is 23.2 Å². The number of primary sulfonamides is 1. The molecule has 0 aliphatic rings. The van der Waals surface area contributed by atoms with Gasteiger partial charge in [-0.2, -0.15) is 13.2 Å². The van der Waals surface area contributed by atoms with Gasteiger partial charge in [-0.25, -0.2) is 23.2 Å². The van der Waals surface area contributed by atoms with Crippen LogP contribution in [0.15, 0.2) is 47.4 Å². The lowest BCUT2D eigenvalue weighted by molar-refractivity contribution is -0.144. The number of rotatable bonds is 3. The van der Waals surface area contributed by atoms with Crippen molar-refractivity contribution in [3.63, 3.8) is 0 Å². The molecule has 0 unspecified atom stereocenters. The molecule has 6 nitrogen and oxygen atoms in total. The maximum absolute atomic E-state index is 13.1. The highest BCUT2D eigenvalue weighted by Crippen LogP contribution is 2.36. The van der Waals surface area contributed by atoms with Crippen LogP contribution in [0.2, 0.25) is 10.0 Å². The summed E-state index contributed by atoms with van der Waals surface area (Å²) in [5, 5.41) is 8.64. The predicted molar refractivity (Wildman–Crippen MR) is 93.2 cm³/mol. The summed E-state index contributed by atoms with van der Waals surface area (Å²) < 4.78 is 63.0. The van der Waals surface area contributed by atoms with Crippen molar-refractivity contribution in [2.24, 2.45) is 5.14 Å². The van der Waals surface area contributed by atoms with Gasteiger partial charge in [-0.1, -0.05) is 29.3 Å². The van der Waals surface area contributed by atoms with Gasteiger partial charge in [-0.3, -0.25) is 0 Å². The Balaban J connectivity index is 2.23. The summed E-state index contributed by atoms with van der Waals surface area (Å²) in [6, 6.07) is 9.19. The molecule has 1 aromatic heterocycles. The third-order valence-electron chi connectivity index (χ3n) is 3.46. The summed E-state index contributed by atoms with van der Waals surface area (Å²) in [4.78, 5) is 3.34. The molecular formula is C15H9Cl2F3N4O2S. The van der Waals surface area contributed by atoms with Crippen LogP contribution in [-0.2, 0) is 16.2 Å². The van der Waals surface area contributed by atoms with Gasteiger partial charge in [0.05, 0.1) is 20.6 Å². The zero-order valence-electron chi connectivity index (χ0n) is 13.1. The van der Waals surface area contributed by atoms with E-state index >= 15 is 0 Å². The van der Waals surface area contributed by atoms with Crippen molar-refractivity contribution in [1.29, 1.82) is 0 Å². The van der Waals surface area contributed by atoms with Crippen molar-refractivity contribution < 1.29 is 21.6 Å². The van der Waals surface area contributed by atoms with E-state index in [0.717, 1.165) is 16.8 Å². The normalized spacial score (nSPS) is 12.4. The lowest BCUT2D eigenvalue weighted by Gasteiger charge is -2.08. The van der Waals surface area contributed by atoms with E-state index in [2.05, 4.69) is 10.1 Å². The second-order valence-electron chi connectivity index (χ2n) is 5.31. The second-order valence-corrected chi connectivity index (χ2v) is 7.66. The molecule has 142 valence electrons. The van der Waals surface area contributed by atoms with Crippen LogP contribution in [-0.4, -0.2) is 23.2 Å². The van der Waals surface area contributed by atoms with Crippen LogP contribution in [0.25, 0.3) is 17.1 Å². The summed E-state index contributed by atoms with van der Waals surface area (Å²) in [7, 11) is -3.96. The van der Waals surface area contributed by atoms with E-state index in [-0.39, 0.29) is 32.0 Å². The molecule has 0 saturated carbocycles. The smallest absolute Gasteiger partial charge is 0.225 e. The van der Waals surface area contributed by atoms with E-state index in [1.54, 1.807) is 0 Å². The van der Waals surface area contributed by atoms with Crippen LogP contribution in [0.1, 0.15) is 5.82 Å². The standard InChI is InChI=1S/C15H9Cl2F3N4O2S/c16-11-3-1-2-10(12(11)17)13-22-14(15(18,19)20)23-24(13)8-4-6-9(7-5-8)27(21,25)26/h1-7H,(H2,21,25,26). The molecule has 12 heteroatoms. The largest absolute Gasteiger partial charge is 0.453 e. The molecule has 0 bridgehead atoms. The Kier molecular flexibility index (Phi) is 4.93. The molecule has 0 spiro atoms. The van der Waals surface area contributed by atoms with Crippen molar-refractivity contribution in [1.82, 2.24) is 14.8 Å². The molecule has 0 saturated heterocycles. The fraction of sp³-hybridized carbons (Fsp3) is 0.0667. The fourth-order valence-electron chi connectivity index (χ4n) is 2.24. The molecular weight excluding hydrogens is 428 g/mol. The molecule has 2 N–H and O–H groups in total. The highest BCUT2D eigenvalue weighted by Gasteiger charge is 2.37. The Morgan fingerprint density at radius 2 is 1.67 bits per heavy atom. The molecule has 0 fully saturated rings. The van der Waals surface area contributed by atoms with E-state index in [4.69, 9.17) is 28.3 Å². The first kappa shape index (κ1) is 19.6.